The van der Waals surface area contributed by atoms with Crippen LogP contribution in [0.4, 0.5) is 0 Å². The number of carboxylic acid groups (broad SMARTS) is 1. The van der Waals surface area contributed by atoms with E-state index in [1.807, 2.05) is 6.92 Å². The maximum atomic E-state index is 12.3. The molecule has 108 valence electrons. The lowest BCUT2D eigenvalue weighted by molar-refractivity contribution is -0.149. The molecule has 0 aliphatic carbocycles. The van der Waals surface area contributed by atoms with Crippen LogP contribution >= 0.6 is 0 Å². The SMILES string of the molecule is CC1COCCC1C(=O)NC1COCC1(C)C(=O)O. The zero-order valence-corrected chi connectivity index (χ0v) is 11.3. The molecule has 2 aliphatic heterocycles. The molecule has 2 heterocycles. The highest BCUT2D eigenvalue weighted by Crippen LogP contribution is 2.30. The molecule has 0 bridgehead atoms. The Morgan fingerprint density at radius 1 is 1.32 bits per heavy atom. The number of rotatable bonds is 3. The molecule has 2 aliphatic rings. The Morgan fingerprint density at radius 2 is 2.05 bits per heavy atom. The molecule has 1 amide bonds. The summed E-state index contributed by atoms with van der Waals surface area (Å²) in [5.74, 6) is -0.964. The van der Waals surface area contributed by atoms with Gasteiger partial charge in [0.25, 0.3) is 0 Å². The van der Waals surface area contributed by atoms with E-state index in [0.29, 0.717) is 19.6 Å². The lowest BCUT2D eigenvalue weighted by Crippen LogP contribution is -2.52. The Hall–Kier alpha value is -1.14. The maximum Gasteiger partial charge on any atom is 0.313 e. The van der Waals surface area contributed by atoms with Gasteiger partial charge >= 0.3 is 5.97 Å². The van der Waals surface area contributed by atoms with Crippen LogP contribution in [0, 0.1) is 17.3 Å². The van der Waals surface area contributed by atoms with Crippen molar-refractivity contribution in [3.63, 3.8) is 0 Å². The number of carbonyl (C=O) groups is 2. The van der Waals surface area contributed by atoms with Crippen LogP contribution in [0.15, 0.2) is 0 Å². The molecule has 0 saturated carbocycles. The van der Waals surface area contributed by atoms with E-state index in [9.17, 15) is 14.7 Å². The number of aliphatic carboxylic acids is 1. The van der Waals surface area contributed by atoms with Gasteiger partial charge in [0.05, 0.1) is 19.3 Å². The summed E-state index contributed by atoms with van der Waals surface area (Å²) < 4.78 is 10.5. The van der Waals surface area contributed by atoms with E-state index < -0.39 is 17.4 Å². The van der Waals surface area contributed by atoms with Crippen LogP contribution in [-0.4, -0.2) is 49.5 Å². The number of nitrogens with one attached hydrogen (secondary N) is 1. The van der Waals surface area contributed by atoms with Crippen LogP contribution in [-0.2, 0) is 19.1 Å². The Balaban J connectivity index is 2.00. The van der Waals surface area contributed by atoms with Crippen molar-refractivity contribution in [2.24, 2.45) is 17.3 Å². The molecule has 2 rings (SSSR count). The van der Waals surface area contributed by atoms with Gasteiger partial charge in [-0.15, -0.1) is 0 Å². The molecular formula is C13H21NO5. The first kappa shape index (κ1) is 14.3. The van der Waals surface area contributed by atoms with Crippen molar-refractivity contribution in [3.8, 4) is 0 Å². The predicted molar refractivity (Wildman–Crippen MR) is 66.6 cm³/mol. The van der Waals surface area contributed by atoms with Crippen LogP contribution in [0.3, 0.4) is 0 Å². The summed E-state index contributed by atoms with van der Waals surface area (Å²) in [7, 11) is 0. The van der Waals surface area contributed by atoms with Gasteiger partial charge in [0.1, 0.15) is 5.41 Å². The molecule has 0 radical (unpaired) electrons. The third kappa shape index (κ3) is 2.74. The molecule has 0 aromatic rings. The molecule has 4 unspecified atom stereocenters. The van der Waals surface area contributed by atoms with E-state index in [1.165, 1.54) is 0 Å². The molecule has 0 aromatic carbocycles. The van der Waals surface area contributed by atoms with E-state index in [-0.39, 0.29) is 31.0 Å². The largest absolute Gasteiger partial charge is 0.481 e. The molecule has 0 spiro atoms. The molecular weight excluding hydrogens is 250 g/mol. The van der Waals surface area contributed by atoms with Crippen molar-refractivity contribution in [2.75, 3.05) is 26.4 Å². The van der Waals surface area contributed by atoms with Gasteiger partial charge < -0.3 is 19.9 Å². The van der Waals surface area contributed by atoms with Crippen molar-refractivity contribution >= 4 is 11.9 Å². The number of ether oxygens (including phenoxy) is 2. The topological polar surface area (TPSA) is 84.9 Å². The van der Waals surface area contributed by atoms with Gasteiger partial charge in [-0.1, -0.05) is 6.92 Å². The minimum atomic E-state index is -1.04. The number of hydrogen-bond acceptors (Lipinski definition) is 4. The minimum absolute atomic E-state index is 0.0845. The molecule has 19 heavy (non-hydrogen) atoms. The van der Waals surface area contributed by atoms with Crippen molar-refractivity contribution in [3.05, 3.63) is 0 Å². The molecule has 4 atom stereocenters. The average molecular weight is 271 g/mol. The zero-order valence-electron chi connectivity index (χ0n) is 11.3. The van der Waals surface area contributed by atoms with E-state index >= 15 is 0 Å². The maximum absolute atomic E-state index is 12.3. The number of carboxylic acids is 1. The Labute approximate surface area is 112 Å². The van der Waals surface area contributed by atoms with Gasteiger partial charge in [0.15, 0.2) is 0 Å². The first-order valence-corrected chi connectivity index (χ1v) is 6.64. The van der Waals surface area contributed by atoms with Gasteiger partial charge in [-0.25, -0.2) is 0 Å². The smallest absolute Gasteiger partial charge is 0.313 e. The van der Waals surface area contributed by atoms with Crippen molar-refractivity contribution in [2.45, 2.75) is 26.3 Å². The Morgan fingerprint density at radius 3 is 2.68 bits per heavy atom. The number of amides is 1. The average Bonchev–Trinajstić information content (AvgIpc) is 2.73. The third-order valence-electron chi connectivity index (χ3n) is 4.24. The van der Waals surface area contributed by atoms with Crippen molar-refractivity contribution < 1.29 is 24.2 Å². The second kappa shape index (κ2) is 5.46. The minimum Gasteiger partial charge on any atom is -0.481 e. The third-order valence-corrected chi connectivity index (χ3v) is 4.24. The second-order valence-corrected chi connectivity index (χ2v) is 5.75. The molecule has 2 fully saturated rings. The number of hydrogen-bond donors (Lipinski definition) is 2. The molecule has 6 nitrogen and oxygen atoms in total. The molecule has 6 heteroatoms. The van der Waals surface area contributed by atoms with Crippen LogP contribution in [0.25, 0.3) is 0 Å². The quantitative estimate of drug-likeness (QED) is 0.769. The summed E-state index contributed by atoms with van der Waals surface area (Å²) in [5.41, 5.74) is -1.04. The van der Waals surface area contributed by atoms with Crippen molar-refractivity contribution in [1.29, 1.82) is 0 Å². The van der Waals surface area contributed by atoms with Crippen LogP contribution in [0.2, 0.25) is 0 Å². The summed E-state index contributed by atoms with van der Waals surface area (Å²) in [6.45, 7) is 5.14. The zero-order chi connectivity index (χ0) is 14.0. The Kier molecular flexibility index (Phi) is 4.10. The summed E-state index contributed by atoms with van der Waals surface area (Å²) in [4.78, 5) is 23.6. The monoisotopic (exact) mass is 271 g/mol. The normalized spacial score (nSPS) is 38.9. The van der Waals surface area contributed by atoms with Gasteiger partial charge in [-0.05, 0) is 19.3 Å². The first-order valence-electron chi connectivity index (χ1n) is 6.64. The van der Waals surface area contributed by atoms with Gasteiger partial charge in [0, 0.05) is 19.1 Å². The Bertz CT molecular complexity index is 372. The van der Waals surface area contributed by atoms with E-state index in [4.69, 9.17) is 9.47 Å². The summed E-state index contributed by atoms with van der Waals surface area (Å²) in [6, 6.07) is -0.465. The molecule has 2 saturated heterocycles. The summed E-state index contributed by atoms with van der Waals surface area (Å²) in [6.07, 6.45) is 0.685. The van der Waals surface area contributed by atoms with Crippen LogP contribution in [0.5, 0.6) is 0 Å². The van der Waals surface area contributed by atoms with E-state index in [1.54, 1.807) is 6.92 Å². The van der Waals surface area contributed by atoms with Gasteiger partial charge in [-0.3, -0.25) is 9.59 Å². The van der Waals surface area contributed by atoms with Gasteiger partial charge in [0.2, 0.25) is 5.91 Å². The lowest BCUT2D eigenvalue weighted by Gasteiger charge is -2.31. The fourth-order valence-electron chi connectivity index (χ4n) is 2.63. The summed E-state index contributed by atoms with van der Waals surface area (Å²) in [5, 5.41) is 12.1. The molecule has 0 aromatic heterocycles. The highest BCUT2D eigenvalue weighted by Gasteiger charge is 2.48. The van der Waals surface area contributed by atoms with Crippen LogP contribution in [0.1, 0.15) is 20.3 Å². The van der Waals surface area contributed by atoms with Crippen molar-refractivity contribution in [1.82, 2.24) is 5.32 Å². The standard InChI is InChI=1S/C13H21NO5/c1-8-5-18-4-3-9(8)11(15)14-10-6-19-7-13(10,2)12(16)17/h8-10H,3-7H2,1-2H3,(H,14,15)(H,16,17). The second-order valence-electron chi connectivity index (χ2n) is 5.75. The fraction of sp³-hybridized carbons (Fsp3) is 0.846. The van der Waals surface area contributed by atoms with E-state index in [0.717, 1.165) is 0 Å². The predicted octanol–water partition coefficient (Wildman–Crippen LogP) is 0.265. The van der Waals surface area contributed by atoms with Crippen LogP contribution < -0.4 is 5.32 Å². The first-order chi connectivity index (χ1) is 8.95. The highest BCUT2D eigenvalue weighted by atomic mass is 16.5. The van der Waals surface area contributed by atoms with Gasteiger partial charge in [-0.2, -0.15) is 0 Å². The fourth-order valence-corrected chi connectivity index (χ4v) is 2.63. The highest BCUT2D eigenvalue weighted by molar-refractivity contribution is 5.82. The summed E-state index contributed by atoms with van der Waals surface area (Å²) >= 11 is 0. The number of carbonyl (C=O) groups excluding carboxylic acids is 1. The molecule has 2 N–H and O–H groups in total. The lowest BCUT2D eigenvalue weighted by atomic mass is 9.84. The van der Waals surface area contributed by atoms with E-state index in [2.05, 4.69) is 5.32 Å².